The predicted octanol–water partition coefficient (Wildman–Crippen LogP) is 2.30. The van der Waals surface area contributed by atoms with E-state index in [0.717, 1.165) is 25.9 Å². The average Bonchev–Trinajstić information content (AvgIpc) is 2.39. The highest BCUT2D eigenvalue weighted by Gasteiger charge is 2.55. The van der Waals surface area contributed by atoms with Gasteiger partial charge in [0.2, 0.25) is 0 Å². The van der Waals surface area contributed by atoms with E-state index < -0.39 is 5.97 Å². The third kappa shape index (κ3) is 1.58. The lowest BCUT2D eigenvalue weighted by atomic mass is 10.0. The van der Waals surface area contributed by atoms with Gasteiger partial charge in [-0.05, 0) is 13.3 Å². The first kappa shape index (κ1) is 10.4. The van der Waals surface area contributed by atoms with Crippen molar-refractivity contribution in [1.82, 2.24) is 0 Å². The lowest BCUT2D eigenvalue weighted by molar-refractivity contribution is -0.389. The van der Waals surface area contributed by atoms with Crippen LogP contribution in [0.25, 0.3) is 0 Å². The van der Waals surface area contributed by atoms with Gasteiger partial charge in [0, 0.05) is 12.3 Å². The standard InChI is InChI=1S/C11H20O3/c1-4-5-9(2)11-12-7-6-10(3,14-11)8-13-11/h9H,4-8H2,1-3H3. The Labute approximate surface area is 85.7 Å². The molecule has 2 heterocycles. The summed E-state index contributed by atoms with van der Waals surface area (Å²) in [6.45, 7) is 7.84. The molecule has 0 aromatic heterocycles. The molecule has 3 unspecified atom stereocenters. The Balaban J connectivity index is 2.09. The number of fused-ring (bicyclic) bond motifs is 2. The number of hydrogen-bond acceptors (Lipinski definition) is 3. The van der Waals surface area contributed by atoms with E-state index in [1.807, 2.05) is 0 Å². The van der Waals surface area contributed by atoms with Crippen molar-refractivity contribution in [2.45, 2.75) is 51.6 Å². The molecular weight excluding hydrogens is 180 g/mol. The molecule has 3 nitrogen and oxygen atoms in total. The van der Waals surface area contributed by atoms with Gasteiger partial charge in [-0.2, -0.15) is 0 Å². The van der Waals surface area contributed by atoms with Gasteiger partial charge in [0.15, 0.2) is 0 Å². The van der Waals surface area contributed by atoms with Crippen molar-refractivity contribution in [1.29, 1.82) is 0 Å². The summed E-state index contributed by atoms with van der Waals surface area (Å²) in [4.78, 5) is 0. The topological polar surface area (TPSA) is 27.7 Å². The van der Waals surface area contributed by atoms with Crippen LogP contribution in [0.1, 0.15) is 40.0 Å². The van der Waals surface area contributed by atoms with Crippen LogP contribution in [0.4, 0.5) is 0 Å². The highest BCUT2D eigenvalue weighted by molar-refractivity contribution is 4.89. The second-order valence-electron chi connectivity index (χ2n) is 4.73. The molecule has 2 rings (SSSR count). The molecule has 3 heteroatoms. The highest BCUT2D eigenvalue weighted by atomic mass is 16.9. The fraction of sp³-hybridized carbons (Fsp3) is 1.00. The molecule has 2 bridgehead atoms. The Kier molecular flexibility index (Phi) is 2.58. The van der Waals surface area contributed by atoms with E-state index in [9.17, 15) is 0 Å². The molecule has 2 aliphatic rings. The molecule has 2 aliphatic heterocycles. The number of hydrogen-bond donors (Lipinski definition) is 0. The van der Waals surface area contributed by atoms with Gasteiger partial charge in [-0.25, -0.2) is 0 Å². The Morgan fingerprint density at radius 3 is 2.86 bits per heavy atom. The monoisotopic (exact) mass is 200 g/mol. The highest BCUT2D eigenvalue weighted by Crippen LogP contribution is 2.44. The predicted molar refractivity (Wildman–Crippen MR) is 52.8 cm³/mol. The molecule has 0 radical (unpaired) electrons. The maximum atomic E-state index is 5.94. The molecule has 0 aromatic rings. The second-order valence-corrected chi connectivity index (χ2v) is 4.73. The van der Waals surface area contributed by atoms with Crippen LogP contribution in [0.3, 0.4) is 0 Å². The van der Waals surface area contributed by atoms with Gasteiger partial charge < -0.3 is 14.2 Å². The first-order valence-corrected chi connectivity index (χ1v) is 5.58. The van der Waals surface area contributed by atoms with E-state index in [1.165, 1.54) is 0 Å². The van der Waals surface area contributed by atoms with Crippen LogP contribution in [-0.2, 0) is 14.2 Å². The molecule has 0 saturated carbocycles. The van der Waals surface area contributed by atoms with E-state index in [0.29, 0.717) is 12.5 Å². The normalized spacial score (nSPS) is 43.9. The fourth-order valence-electron chi connectivity index (χ4n) is 2.25. The maximum absolute atomic E-state index is 5.94. The van der Waals surface area contributed by atoms with Gasteiger partial charge in [0.1, 0.15) is 0 Å². The first-order chi connectivity index (χ1) is 6.60. The molecule has 2 saturated heterocycles. The molecule has 0 N–H and O–H groups in total. The van der Waals surface area contributed by atoms with Gasteiger partial charge in [0.25, 0.3) is 5.97 Å². The smallest absolute Gasteiger partial charge is 0.286 e. The van der Waals surface area contributed by atoms with Gasteiger partial charge >= 0.3 is 0 Å². The lowest BCUT2D eigenvalue weighted by Gasteiger charge is -2.39. The Morgan fingerprint density at radius 1 is 1.36 bits per heavy atom. The molecule has 3 atom stereocenters. The van der Waals surface area contributed by atoms with E-state index in [2.05, 4.69) is 20.8 Å². The minimum Gasteiger partial charge on any atom is -0.327 e. The minimum absolute atomic E-state index is 0.111. The summed E-state index contributed by atoms with van der Waals surface area (Å²) in [7, 11) is 0. The summed E-state index contributed by atoms with van der Waals surface area (Å²) in [6.07, 6.45) is 3.15. The van der Waals surface area contributed by atoms with Crippen molar-refractivity contribution in [2.75, 3.05) is 13.2 Å². The number of rotatable bonds is 3. The zero-order valence-electron chi connectivity index (χ0n) is 9.34. The Hall–Kier alpha value is -0.120. The fourth-order valence-corrected chi connectivity index (χ4v) is 2.25. The SMILES string of the molecule is CCCC(C)C12OCCC(C)(CO1)O2. The molecule has 0 amide bonds. The van der Waals surface area contributed by atoms with Crippen molar-refractivity contribution in [3.05, 3.63) is 0 Å². The van der Waals surface area contributed by atoms with Gasteiger partial charge in [0.05, 0.1) is 18.8 Å². The quantitative estimate of drug-likeness (QED) is 0.699. The molecule has 0 spiro atoms. The van der Waals surface area contributed by atoms with Crippen molar-refractivity contribution >= 4 is 0 Å². The van der Waals surface area contributed by atoms with Crippen LogP contribution in [0, 0.1) is 5.92 Å². The Bertz CT molecular complexity index is 219. The van der Waals surface area contributed by atoms with Gasteiger partial charge in [-0.1, -0.05) is 20.3 Å². The molecule has 2 fully saturated rings. The van der Waals surface area contributed by atoms with Gasteiger partial charge in [-0.15, -0.1) is 0 Å². The van der Waals surface area contributed by atoms with Crippen molar-refractivity contribution in [3.63, 3.8) is 0 Å². The zero-order valence-corrected chi connectivity index (χ0v) is 9.34. The van der Waals surface area contributed by atoms with E-state index in [1.54, 1.807) is 0 Å². The van der Waals surface area contributed by atoms with Crippen molar-refractivity contribution in [2.24, 2.45) is 5.92 Å². The summed E-state index contributed by atoms with van der Waals surface area (Å²) in [6, 6.07) is 0. The summed E-state index contributed by atoms with van der Waals surface area (Å²) < 4.78 is 17.4. The minimum atomic E-state index is -0.733. The van der Waals surface area contributed by atoms with Crippen LogP contribution in [0.5, 0.6) is 0 Å². The summed E-state index contributed by atoms with van der Waals surface area (Å²) in [5, 5.41) is 0. The van der Waals surface area contributed by atoms with E-state index in [4.69, 9.17) is 14.2 Å². The van der Waals surface area contributed by atoms with Crippen LogP contribution < -0.4 is 0 Å². The first-order valence-electron chi connectivity index (χ1n) is 5.58. The van der Waals surface area contributed by atoms with Crippen LogP contribution in [0.2, 0.25) is 0 Å². The molecular formula is C11H20O3. The van der Waals surface area contributed by atoms with Crippen LogP contribution >= 0.6 is 0 Å². The maximum Gasteiger partial charge on any atom is 0.286 e. The van der Waals surface area contributed by atoms with E-state index in [-0.39, 0.29) is 5.60 Å². The lowest BCUT2D eigenvalue weighted by Crippen LogP contribution is -2.47. The third-order valence-electron chi connectivity index (χ3n) is 3.23. The van der Waals surface area contributed by atoms with E-state index >= 15 is 0 Å². The summed E-state index contributed by atoms with van der Waals surface area (Å²) in [5.41, 5.74) is -0.111. The average molecular weight is 200 g/mol. The molecule has 0 aromatic carbocycles. The largest absolute Gasteiger partial charge is 0.327 e. The Morgan fingerprint density at radius 2 is 2.14 bits per heavy atom. The summed E-state index contributed by atoms with van der Waals surface area (Å²) >= 11 is 0. The number of ether oxygens (including phenoxy) is 3. The molecule has 14 heavy (non-hydrogen) atoms. The van der Waals surface area contributed by atoms with Gasteiger partial charge in [-0.3, -0.25) is 0 Å². The zero-order chi connectivity index (χ0) is 10.2. The summed E-state index contributed by atoms with van der Waals surface area (Å²) in [5.74, 6) is -0.419. The van der Waals surface area contributed by atoms with Crippen molar-refractivity contribution < 1.29 is 14.2 Å². The molecule has 82 valence electrons. The van der Waals surface area contributed by atoms with Crippen molar-refractivity contribution in [3.8, 4) is 0 Å². The van der Waals surface area contributed by atoms with Crippen LogP contribution in [-0.4, -0.2) is 24.8 Å². The van der Waals surface area contributed by atoms with Crippen LogP contribution in [0.15, 0.2) is 0 Å². The molecule has 0 aliphatic carbocycles. The second kappa shape index (κ2) is 3.47. The third-order valence-corrected chi connectivity index (χ3v) is 3.23.